The molecule has 8 heteroatoms. The average molecular weight is 448 g/mol. The van der Waals surface area contributed by atoms with Gasteiger partial charge in [-0.2, -0.15) is 0 Å². The van der Waals surface area contributed by atoms with Crippen LogP contribution in [0.25, 0.3) is 11.1 Å². The van der Waals surface area contributed by atoms with Crippen molar-refractivity contribution in [3.8, 4) is 11.1 Å². The van der Waals surface area contributed by atoms with Gasteiger partial charge in [-0.25, -0.2) is 0 Å². The molecule has 0 atom stereocenters. The molecule has 0 radical (unpaired) electrons. The minimum Gasteiger partial charge on any atom is -0.405 e. The number of benzene rings is 2. The molecule has 0 amide bonds. The lowest BCUT2D eigenvalue weighted by Crippen LogP contribution is -2.38. The SMILES string of the molecule is CN(C)CCC1(CCN(C)C)c2cc(B3OCCO3)ccc2-c2ccc(B3OCCO3)cc21. The van der Waals surface area contributed by atoms with Crippen LogP contribution in [0, 0.1) is 0 Å². The van der Waals surface area contributed by atoms with Crippen LogP contribution in [0.3, 0.4) is 0 Å². The molecule has 2 aliphatic heterocycles. The predicted molar refractivity (Wildman–Crippen MR) is 134 cm³/mol. The summed E-state index contributed by atoms with van der Waals surface area (Å²) in [4.78, 5) is 4.57. The second-order valence-corrected chi connectivity index (χ2v) is 9.95. The van der Waals surface area contributed by atoms with Gasteiger partial charge in [0.2, 0.25) is 0 Å². The predicted octanol–water partition coefficient (Wildman–Crippen LogP) is 1.34. The van der Waals surface area contributed by atoms with Gasteiger partial charge < -0.3 is 28.4 Å². The normalized spacial score (nSPS) is 19.1. The van der Waals surface area contributed by atoms with Crippen LogP contribution in [-0.2, 0) is 24.0 Å². The minimum absolute atomic E-state index is 0.0948. The smallest absolute Gasteiger partial charge is 0.405 e. The molecule has 0 aromatic heterocycles. The molecule has 0 saturated carbocycles. The van der Waals surface area contributed by atoms with E-state index in [4.69, 9.17) is 18.6 Å². The van der Waals surface area contributed by atoms with Crippen LogP contribution in [0.5, 0.6) is 0 Å². The summed E-state index contributed by atoms with van der Waals surface area (Å²) in [5.74, 6) is 0. The largest absolute Gasteiger partial charge is 0.494 e. The molecule has 0 spiro atoms. The van der Waals surface area contributed by atoms with Gasteiger partial charge in [0.1, 0.15) is 0 Å². The van der Waals surface area contributed by atoms with Crippen LogP contribution in [0.2, 0.25) is 0 Å². The van der Waals surface area contributed by atoms with Gasteiger partial charge in [-0.05, 0) is 87.3 Å². The minimum atomic E-state index is -0.268. The highest BCUT2D eigenvalue weighted by atomic mass is 16.6. The fourth-order valence-electron chi connectivity index (χ4n) is 5.42. The van der Waals surface area contributed by atoms with Gasteiger partial charge in [-0.15, -0.1) is 0 Å². The second-order valence-electron chi connectivity index (χ2n) is 9.95. The highest BCUT2D eigenvalue weighted by Gasteiger charge is 2.44. The van der Waals surface area contributed by atoms with Crippen molar-refractivity contribution in [2.24, 2.45) is 0 Å². The summed E-state index contributed by atoms with van der Waals surface area (Å²) in [5.41, 5.74) is 7.56. The standard InChI is InChI=1S/C25H34B2N2O4/c1-28(2)11-9-25(10-12-29(3)4)23-17-19(26-30-13-14-31-26)5-7-21(23)22-8-6-20(18-24(22)25)27-32-15-16-33-27/h5-8,17-18H,9-16H2,1-4H3. The van der Waals surface area contributed by atoms with E-state index < -0.39 is 0 Å². The van der Waals surface area contributed by atoms with E-state index in [1.54, 1.807) is 0 Å². The van der Waals surface area contributed by atoms with E-state index in [0.717, 1.165) is 36.9 Å². The lowest BCUT2D eigenvalue weighted by atomic mass is 9.68. The summed E-state index contributed by atoms with van der Waals surface area (Å²) in [7, 11) is 8.09. The highest BCUT2D eigenvalue weighted by molar-refractivity contribution is 6.62. The summed E-state index contributed by atoms with van der Waals surface area (Å²) in [6.07, 6.45) is 2.08. The van der Waals surface area contributed by atoms with Crippen LogP contribution >= 0.6 is 0 Å². The maximum Gasteiger partial charge on any atom is 0.494 e. The van der Waals surface area contributed by atoms with Gasteiger partial charge in [0.05, 0.1) is 26.4 Å². The van der Waals surface area contributed by atoms with E-state index in [1.807, 2.05) is 0 Å². The fourth-order valence-corrected chi connectivity index (χ4v) is 5.42. The summed E-state index contributed by atoms with van der Waals surface area (Å²) >= 11 is 0. The maximum atomic E-state index is 5.86. The Morgan fingerprint density at radius 3 is 1.42 bits per heavy atom. The van der Waals surface area contributed by atoms with Crippen molar-refractivity contribution < 1.29 is 18.6 Å². The Morgan fingerprint density at radius 1 is 0.667 bits per heavy atom. The van der Waals surface area contributed by atoms with Crippen molar-refractivity contribution in [2.45, 2.75) is 18.3 Å². The van der Waals surface area contributed by atoms with Gasteiger partial charge >= 0.3 is 14.2 Å². The van der Waals surface area contributed by atoms with Crippen molar-refractivity contribution in [1.29, 1.82) is 0 Å². The fraction of sp³-hybridized carbons (Fsp3) is 0.520. The van der Waals surface area contributed by atoms with Gasteiger partial charge in [-0.3, -0.25) is 0 Å². The quantitative estimate of drug-likeness (QED) is 0.569. The number of nitrogens with zero attached hydrogens (tertiary/aromatic N) is 2. The Balaban J connectivity index is 1.64. The van der Waals surface area contributed by atoms with Crippen molar-refractivity contribution >= 4 is 25.2 Å². The average Bonchev–Trinajstić information content (AvgIpc) is 3.57. The van der Waals surface area contributed by atoms with Gasteiger partial charge in [-0.1, -0.05) is 36.4 Å². The Morgan fingerprint density at radius 2 is 1.06 bits per heavy atom. The van der Waals surface area contributed by atoms with Crippen molar-refractivity contribution in [3.05, 3.63) is 47.5 Å². The first-order valence-electron chi connectivity index (χ1n) is 12.0. The van der Waals surface area contributed by atoms with Crippen molar-refractivity contribution in [2.75, 3.05) is 67.7 Å². The molecular formula is C25H34B2N2O4. The zero-order chi connectivity index (χ0) is 23.0. The Bertz CT molecular complexity index is 909. The summed E-state index contributed by atoms with van der Waals surface area (Å²) in [5, 5.41) is 0. The van der Waals surface area contributed by atoms with E-state index >= 15 is 0 Å². The third-order valence-electron chi connectivity index (χ3n) is 7.17. The van der Waals surface area contributed by atoms with E-state index in [1.165, 1.54) is 22.3 Å². The topological polar surface area (TPSA) is 43.4 Å². The van der Waals surface area contributed by atoms with Crippen LogP contribution in [0.4, 0.5) is 0 Å². The molecule has 2 aromatic carbocycles. The molecule has 0 bridgehead atoms. The molecule has 0 N–H and O–H groups in total. The Labute approximate surface area is 198 Å². The first-order chi connectivity index (χ1) is 16.0. The van der Waals surface area contributed by atoms with Gasteiger partial charge in [0, 0.05) is 5.41 Å². The molecule has 3 aliphatic rings. The van der Waals surface area contributed by atoms with Crippen molar-refractivity contribution in [3.63, 3.8) is 0 Å². The van der Waals surface area contributed by atoms with E-state index in [-0.39, 0.29) is 19.7 Å². The molecule has 2 fully saturated rings. The van der Waals surface area contributed by atoms with Crippen LogP contribution in [-0.4, -0.2) is 91.7 Å². The Kier molecular flexibility index (Phi) is 6.67. The molecule has 5 rings (SSSR count). The maximum absolute atomic E-state index is 5.86. The van der Waals surface area contributed by atoms with E-state index in [9.17, 15) is 0 Å². The number of hydrogen-bond acceptors (Lipinski definition) is 6. The molecule has 1 aliphatic carbocycles. The number of rotatable bonds is 8. The summed E-state index contributed by atoms with van der Waals surface area (Å²) in [6.45, 7) is 4.62. The number of hydrogen-bond donors (Lipinski definition) is 0. The first kappa shape index (κ1) is 23.1. The van der Waals surface area contributed by atoms with E-state index in [0.29, 0.717) is 26.4 Å². The molecule has 6 nitrogen and oxygen atoms in total. The van der Waals surface area contributed by atoms with Crippen LogP contribution in [0.1, 0.15) is 24.0 Å². The summed E-state index contributed by atoms with van der Waals surface area (Å²) < 4.78 is 23.4. The van der Waals surface area contributed by atoms with Gasteiger partial charge in [0.25, 0.3) is 0 Å². The number of fused-ring (bicyclic) bond motifs is 3. The molecule has 174 valence electrons. The van der Waals surface area contributed by atoms with Crippen molar-refractivity contribution in [1.82, 2.24) is 9.80 Å². The van der Waals surface area contributed by atoms with Crippen LogP contribution in [0.15, 0.2) is 36.4 Å². The van der Waals surface area contributed by atoms with Crippen LogP contribution < -0.4 is 10.9 Å². The monoisotopic (exact) mass is 448 g/mol. The molecule has 2 aromatic rings. The lowest BCUT2D eigenvalue weighted by molar-refractivity contribution is 0.300. The molecule has 2 heterocycles. The zero-order valence-corrected chi connectivity index (χ0v) is 20.3. The first-order valence-corrected chi connectivity index (χ1v) is 12.0. The highest BCUT2D eigenvalue weighted by Crippen LogP contribution is 2.52. The zero-order valence-electron chi connectivity index (χ0n) is 20.3. The molecule has 2 saturated heterocycles. The third kappa shape index (κ3) is 4.41. The second kappa shape index (κ2) is 9.53. The molecule has 33 heavy (non-hydrogen) atoms. The third-order valence-corrected chi connectivity index (χ3v) is 7.17. The molecule has 0 unspecified atom stereocenters. The molecular weight excluding hydrogens is 414 g/mol. The summed E-state index contributed by atoms with van der Waals surface area (Å²) in [6, 6.07) is 13.6. The van der Waals surface area contributed by atoms with Gasteiger partial charge in [0.15, 0.2) is 0 Å². The Hall–Kier alpha value is -1.67. The lowest BCUT2D eigenvalue weighted by Gasteiger charge is -2.35. The van der Waals surface area contributed by atoms with E-state index in [2.05, 4.69) is 74.4 Å².